The van der Waals surface area contributed by atoms with Crippen LogP contribution in [-0.2, 0) is 0 Å². The number of carbonyl (C=O) groups excluding carboxylic acids is 1. The lowest BCUT2D eigenvalue weighted by Crippen LogP contribution is -2.13. The number of aromatic nitrogens is 3. The first-order valence-corrected chi connectivity index (χ1v) is 7.05. The molecule has 1 amide bonds. The summed E-state index contributed by atoms with van der Waals surface area (Å²) in [4.78, 5) is 16.1. The van der Waals surface area contributed by atoms with Crippen molar-refractivity contribution in [3.05, 3.63) is 71.1 Å². The largest absolute Gasteiger partial charge is 0.305 e. The molecule has 110 valence electrons. The number of anilines is 1. The molecule has 0 fully saturated rings. The molecule has 0 radical (unpaired) electrons. The van der Waals surface area contributed by atoms with Crippen LogP contribution in [0.5, 0.6) is 0 Å². The molecular formula is C16H13ClN4O. The van der Waals surface area contributed by atoms with Gasteiger partial charge in [0.1, 0.15) is 0 Å². The highest BCUT2D eigenvalue weighted by atomic mass is 35.5. The third-order valence-corrected chi connectivity index (χ3v) is 3.47. The molecule has 0 spiro atoms. The Balaban J connectivity index is 1.87. The molecule has 0 bridgehead atoms. The molecule has 2 aromatic heterocycles. The number of carbonyl (C=O) groups is 1. The summed E-state index contributed by atoms with van der Waals surface area (Å²) in [6, 6.07) is 10.8. The number of nitrogens with zero attached hydrogens (tertiary/aromatic N) is 3. The SMILES string of the molecule is Cc1cn(-c2ccccc2Cl)nc1NC(=O)c1cccnc1. The third kappa shape index (κ3) is 2.84. The van der Waals surface area contributed by atoms with Crippen molar-refractivity contribution in [2.75, 3.05) is 5.32 Å². The van der Waals surface area contributed by atoms with Gasteiger partial charge in [-0.2, -0.15) is 0 Å². The number of benzene rings is 1. The van der Waals surface area contributed by atoms with Gasteiger partial charge in [0, 0.05) is 24.2 Å². The molecular weight excluding hydrogens is 300 g/mol. The van der Waals surface area contributed by atoms with Crippen molar-refractivity contribution in [2.24, 2.45) is 0 Å². The standard InChI is InChI=1S/C16H13ClN4O/c1-11-10-21(14-7-3-2-6-13(14)17)20-15(11)19-16(22)12-5-4-8-18-9-12/h2-10H,1H3,(H,19,20,22). The molecule has 0 saturated carbocycles. The van der Waals surface area contributed by atoms with Gasteiger partial charge >= 0.3 is 0 Å². The summed E-state index contributed by atoms with van der Waals surface area (Å²) in [7, 11) is 0. The Morgan fingerprint density at radius 3 is 2.77 bits per heavy atom. The highest BCUT2D eigenvalue weighted by Crippen LogP contribution is 2.22. The number of halogens is 1. The number of hydrogen-bond donors (Lipinski definition) is 1. The zero-order valence-electron chi connectivity index (χ0n) is 11.8. The molecule has 0 aliphatic heterocycles. The summed E-state index contributed by atoms with van der Waals surface area (Å²) in [6.07, 6.45) is 4.95. The van der Waals surface area contributed by atoms with Crippen LogP contribution in [0, 0.1) is 6.92 Å². The number of para-hydroxylation sites is 1. The number of pyridine rings is 1. The van der Waals surface area contributed by atoms with Crippen LogP contribution in [0.3, 0.4) is 0 Å². The van der Waals surface area contributed by atoms with Crippen molar-refractivity contribution in [3.63, 3.8) is 0 Å². The minimum Gasteiger partial charge on any atom is -0.305 e. The maximum absolute atomic E-state index is 12.2. The molecule has 3 aromatic rings. The second kappa shape index (κ2) is 5.99. The van der Waals surface area contributed by atoms with Gasteiger partial charge in [-0.15, -0.1) is 5.10 Å². The quantitative estimate of drug-likeness (QED) is 0.805. The van der Waals surface area contributed by atoms with E-state index in [0.29, 0.717) is 16.4 Å². The number of rotatable bonds is 3. The molecule has 5 nitrogen and oxygen atoms in total. The van der Waals surface area contributed by atoms with E-state index in [1.54, 1.807) is 29.1 Å². The topological polar surface area (TPSA) is 59.8 Å². The number of aryl methyl sites for hydroxylation is 1. The Hall–Kier alpha value is -2.66. The normalized spacial score (nSPS) is 10.5. The van der Waals surface area contributed by atoms with Gasteiger partial charge in [-0.25, -0.2) is 4.68 Å². The average Bonchev–Trinajstić information content (AvgIpc) is 2.89. The van der Waals surface area contributed by atoms with Crippen molar-refractivity contribution in [2.45, 2.75) is 6.92 Å². The zero-order chi connectivity index (χ0) is 15.5. The molecule has 1 N–H and O–H groups in total. The van der Waals surface area contributed by atoms with E-state index in [4.69, 9.17) is 11.6 Å². The van der Waals surface area contributed by atoms with Crippen LogP contribution in [-0.4, -0.2) is 20.7 Å². The third-order valence-electron chi connectivity index (χ3n) is 3.15. The van der Waals surface area contributed by atoms with E-state index in [9.17, 15) is 4.79 Å². The molecule has 0 aliphatic carbocycles. The van der Waals surface area contributed by atoms with E-state index in [1.807, 2.05) is 31.3 Å². The van der Waals surface area contributed by atoms with Crippen LogP contribution in [0.4, 0.5) is 5.82 Å². The van der Waals surface area contributed by atoms with Crippen LogP contribution in [0.1, 0.15) is 15.9 Å². The lowest BCUT2D eigenvalue weighted by Gasteiger charge is -2.04. The molecule has 0 saturated heterocycles. The fourth-order valence-electron chi connectivity index (χ4n) is 2.02. The van der Waals surface area contributed by atoms with E-state index in [-0.39, 0.29) is 5.91 Å². The number of amides is 1. The maximum Gasteiger partial charge on any atom is 0.258 e. The van der Waals surface area contributed by atoms with E-state index in [0.717, 1.165) is 11.3 Å². The fraction of sp³-hybridized carbons (Fsp3) is 0.0625. The predicted octanol–water partition coefficient (Wildman–Crippen LogP) is 3.48. The summed E-state index contributed by atoms with van der Waals surface area (Å²) >= 11 is 6.17. The molecule has 3 rings (SSSR count). The minimum absolute atomic E-state index is 0.249. The molecule has 1 aromatic carbocycles. The van der Waals surface area contributed by atoms with Gasteiger partial charge in [0.2, 0.25) is 0 Å². The fourth-order valence-corrected chi connectivity index (χ4v) is 2.24. The van der Waals surface area contributed by atoms with E-state index < -0.39 is 0 Å². The lowest BCUT2D eigenvalue weighted by atomic mass is 10.2. The van der Waals surface area contributed by atoms with Crippen LogP contribution >= 0.6 is 11.6 Å². The zero-order valence-corrected chi connectivity index (χ0v) is 12.6. The molecule has 0 aliphatic rings. The second-order valence-electron chi connectivity index (χ2n) is 4.75. The lowest BCUT2D eigenvalue weighted by molar-refractivity contribution is 0.102. The van der Waals surface area contributed by atoms with Crippen LogP contribution in [0.15, 0.2) is 55.0 Å². The van der Waals surface area contributed by atoms with Crippen LogP contribution < -0.4 is 5.32 Å². The Morgan fingerprint density at radius 1 is 1.23 bits per heavy atom. The second-order valence-corrected chi connectivity index (χ2v) is 5.16. The Labute approximate surface area is 132 Å². The summed E-state index contributed by atoms with van der Waals surface area (Å²) in [5, 5.41) is 7.76. The van der Waals surface area contributed by atoms with Gasteiger partial charge in [0.15, 0.2) is 5.82 Å². The van der Waals surface area contributed by atoms with Crippen molar-refractivity contribution in [1.82, 2.24) is 14.8 Å². The summed E-state index contributed by atoms with van der Waals surface area (Å²) in [6.45, 7) is 1.87. The van der Waals surface area contributed by atoms with Gasteiger partial charge in [-0.1, -0.05) is 23.7 Å². The molecule has 0 unspecified atom stereocenters. The van der Waals surface area contributed by atoms with Crippen LogP contribution in [0.25, 0.3) is 5.69 Å². The van der Waals surface area contributed by atoms with Gasteiger partial charge in [-0.05, 0) is 31.2 Å². The summed E-state index contributed by atoms with van der Waals surface area (Å²) in [5.41, 5.74) is 2.08. The first kappa shape index (κ1) is 14.3. The first-order chi connectivity index (χ1) is 10.6. The molecule has 2 heterocycles. The summed E-state index contributed by atoms with van der Waals surface area (Å²) in [5.74, 6) is 0.245. The van der Waals surface area contributed by atoms with Crippen molar-refractivity contribution in [3.8, 4) is 5.69 Å². The minimum atomic E-state index is -0.249. The van der Waals surface area contributed by atoms with Gasteiger partial charge < -0.3 is 5.32 Å². The van der Waals surface area contributed by atoms with Crippen molar-refractivity contribution >= 4 is 23.3 Å². The van der Waals surface area contributed by atoms with E-state index in [2.05, 4.69) is 15.4 Å². The maximum atomic E-state index is 12.2. The number of hydrogen-bond acceptors (Lipinski definition) is 3. The van der Waals surface area contributed by atoms with Gasteiger partial charge in [0.25, 0.3) is 5.91 Å². The molecule has 0 atom stereocenters. The van der Waals surface area contributed by atoms with E-state index >= 15 is 0 Å². The monoisotopic (exact) mass is 312 g/mol. The van der Waals surface area contributed by atoms with Gasteiger partial charge in [0.05, 0.1) is 16.3 Å². The number of nitrogens with one attached hydrogen (secondary N) is 1. The molecule has 6 heteroatoms. The van der Waals surface area contributed by atoms with Crippen molar-refractivity contribution in [1.29, 1.82) is 0 Å². The highest BCUT2D eigenvalue weighted by molar-refractivity contribution is 6.32. The Bertz CT molecular complexity index is 814. The van der Waals surface area contributed by atoms with Crippen molar-refractivity contribution < 1.29 is 4.79 Å². The first-order valence-electron chi connectivity index (χ1n) is 6.67. The average molecular weight is 313 g/mol. The predicted molar refractivity (Wildman–Crippen MR) is 85.5 cm³/mol. The Kier molecular flexibility index (Phi) is 3.89. The van der Waals surface area contributed by atoms with Crippen LogP contribution in [0.2, 0.25) is 5.02 Å². The molecule has 22 heavy (non-hydrogen) atoms. The smallest absolute Gasteiger partial charge is 0.258 e. The summed E-state index contributed by atoms with van der Waals surface area (Å²) < 4.78 is 1.65. The Morgan fingerprint density at radius 2 is 2.05 bits per heavy atom. The van der Waals surface area contributed by atoms with E-state index in [1.165, 1.54) is 6.20 Å². The van der Waals surface area contributed by atoms with Gasteiger partial charge in [-0.3, -0.25) is 9.78 Å². The highest BCUT2D eigenvalue weighted by Gasteiger charge is 2.12.